The first-order valence-electron chi connectivity index (χ1n) is 21.1. The lowest BCUT2D eigenvalue weighted by atomic mass is 10.0. The van der Waals surface area contributed by atoms with Crippen molar-refractivity contribution in [1.82, 2.24) is 5.32 Å². The first-order chi connectivity index (χ1) is 24.2. The van der Waals surface area contributed by atoms with Gasteiger partial charge in [-0.25, -0.2) is 0 Å². The molecule has 0 radical (unpaired) electrons. The van der Waals surface area contributed by atoms with Crippen molar-refractivity contribution in [1.29, 1.82) is 0 Å². The quantitative estimate of drug-likeness (QED) is 0.0285. The molecule has 0 aromatic heterocycles. The fourth-order valence-corrected chi connectivity index (χ4v) is 7.19. The highest BCUT2D eigenvalue weighted by Gasteiger charge is 2.27. The Balaban J connectivity index is 4.03. The molecule has 0 bridgehead atoms. The van der Waals surface area contributed by atoms with E-state index in [1.807, 2.05) is 0 Å². The summed E-state index contributed by atoms with van der Waals surface area (Å²) in [5.41, 5.74) is 0. The molecule has 0 aliphatic rings. The minimum atomic E-state index is -4.44. The minimum absolute atomic E-state index is 0.275. The number of rotatable bonds is 38. The normalized spacial score (nSPS) is 14.1. The standard InChI is InChI=1S/C42H81NO6S/c1-3-5-7-9-11-13-15-17-19-21-23-24-26-28-30-32-34-36-40(44)39(38-50(47,48)49)43-42(46)41(45)37-35-33-31-29-27-25-22-20-18-16-14-12-10-8-6-4-2/h18,20,34,36,39-41,44-45H,3-17,19,21-33,35,37-38H2,1-2H3,(H,43,46)(H,47,48,49)/b20-18-,36-34+. The highest BCUT2D eigenvalue weighted by atomic mass is 32.2. The third-order valence-corrected chi connectivity index (χ3v) is 10.5. The molecule has 296 valence electrons. The van der Waals surface area contributed by atoms with Gasteiger partial charge in [0.2, 0.25) is 5.91 Å². The number of aliphatic hydroxyl groups excluding tert-OH is 2. The Morgan fingerprint density at radius 1 is 0.540 bits per heavy atom. The number of allylic oxidation sites excluding steroid dienone is 3. The van der Waals surface area contributed by atoms with Gasteiger partial charge in [-0.05, 0) is 44.9 Å². The van der Waals surface area contributed by atoms with Crippen molar-refractivity contribution in [2.75, 3.05) is 5.75 Å². The van der Waals surface area contributed by atoms with Crippen molar-refractivity contribution in [3.63, 3.8) is 0 Å². The average molecular weight is 728 g/mol. The summed E-state index contributed by atoms with van der Waals surface area (Å²) in [5, 5.41) is 23.4. The molecule has 0 fully saturated rings. The van der Waals surface area contributed by atoms with Gasteiger partial charge in [0.15, 0.2) is 0 Å². The van der Waals surface area contributed by atoms with Crippen LogP contribution in [0, 0.1) is 0 Å². The summed E-state index contributed by atoms with van der Waals surface area (Å²) < 4.78 is 32.5. The van der Waals surface area contributed by atoms with Crippen LogP contribution in [0.25, 0.3) is 0 Å². The number of unbranched alkanes of at least 4 members (excludes halogenated alkanes) is 27. The molecular weight excluding hydrogens is 647 g/mol. The molecule has 0 saturated heterocycles. The van der Waals surface area contributed by atoms with E-state index in [0.29, 0.717) is 6.42 Å². The number of nitrogens with one attached hydrogen (secondary N) is 1. The predicted molar refractivity (Wildman–Crippen MR) is 213 cm³/mol. The topological polar surface area (TPSA) is 124 Å². The fourth-order valence-electron chi connectivity index (χ4n) is 6.45. The van der Waals surface area contributed by atoms with Crippen molar-refractivity contribution in [3.8, 4) is 0 Å². The van der Waals surface area contributed by atoms with Gasteiger partial charge in [0.25, 0.3) is 10.1 Å². The van der Waals surface area contributed by atoms with Gasteiger partial charge in [-0.1, -0.05) is 192 Å². The average Bonchev–Trinajstić information content (AvgIpc) is 3.08. The second kappa shape index (κ2) is 36.2. The number of carbonyl (C=O) groups excluding carboxylic acids is 1. The maximum atomic E-state index is 12.6. The lowest BCUT2D eigenvalue weighted by molar-refractivity contribution is -0.130. The fraction of sp³-hybridized carbons (Fsp3) is 0.881. The Kier molecular flexibility index (Phi) is 35.3. The van der Waals surface area contributed by atoms with Gasteiger partial charge >= 0.3 is 0 Å². The molecule has 0 saturated carbocycles. The molecule has 0 aromatic rings. The van der Waals surface area contributed by atoms with Crippen LogP contribution in [0.5, 0.6) is 0 Å². The van der Waals surface area contributed by atoms with Crippen molar-refractivity contribution >= 4 is 16.0 Å². The van der Waals surface area contributed by atoms with E-state index in [1.54, 1.807) is 6.08 Å². The summed E-state index contributed by atoms with van der Waals surface area (Å²) in [6, 6.07) is -1.23. The van der Waals surface area contributed by atoms with Crippen LogP contribution in [-0.2, 0) is 14.9 Å². The van der Waals surface area contributed by atoms with Gasteiger partial charge in [-0.3, -0.25) is 9.35 Å². The first-order valence-corrected chi connectivity index (χ1v) is 22.8. The van der Waals surface area contributed by atoms with Crippen LogP contribution in [0.2, 0.25) is 0 Å². The molecular formula is C42H81NO6S. The SMILES string of the molecule is CCCCCCCC/C=C\CCCCCCCCC(O)C(=O)NC(CS(=O)(=O)O)C(O)/C=C/CCCCCCCCCCCCCCCCC. The molecule has 4 N–H and O–H groups in total. The lowest BCUT2D eigenvalue weighted by Gasteiger charge is -2.22. The zero-order valence-corrected chi connectivity index (χ0v) is 33.5. The Bertz CT molecular complexity index is 906. The summed E-state index contributed by atoms with van der Waals surface area (Å²) in [6.07, 6.45) is 42.3. The molecule has 8 heteroatoms. The molecule has 7 nitrogen and oxygen atoms in total. The van der Waals surface area contributed by atoms with Crippen LogP contribution in [0.1, 0.15) is 213 Å². The van der Waals surface area contributed by atoms with E-state index >= 15 is 0 Å². The van der Waals surface area contributed by atoms with Crippen LogP contribution in [-0.4, -0.2) is 53.1 Å². The van der Waals surface area contributed by atoms with Gasteiger partial charge < -0.3 is 15.5 Å². The smallest absolute Gasteiger partial charge is 0.267 e. The van der Waals surface area contributed by atoms with Crippen molar-refractivity contribution < 1.29 is 28.0 Å². The molecule has 3 atom stereocenters. The Morgan fingerprint density at radius 3 is 1.26 bits per heavy atom. The first kappa shape index (κ1) is 48.8. The van der Waals surface area contributed by atoms with Crippen LogP contribution in [0.3, 0.4) is 0 Å². The summed E-state index contributed by atoms with van der Waals surface area (Å²) in [5.74, 6) is -1.54. The molecule has 0 heterocycles. The van der Waals surface area contributed by atoms with E-state index in [-0.39, 0.29) is 6.42 Å². The van der Waals surface area contributed by atoms with Crippen LogP contribution < -0.4 is 5.32 Å². The van der Waals surface area contributed by atoms with E-state index in [9.17, 15) is 28.0 Å². The Labute approximate surface area is 309 Å². The molecule has 1 amide bonds. The number of carbonyl (C=O) groups is 1. The molecule has 0 spiro atoms. The van der Waals surface area contributed by atoms with E-state index < -0.39 is 40.0 Å². The van der Waals surface area contributed by atoms with E-state index in [0.717, 1.165) is 44.9 Å². The van der Waals surface area contributed by atoms with E-state index in [4.69, 9.17) is 0 Å². The van der Waals surface area contributed by atoms with Gasteiger partial charge in [0.1, 0.15) is 6.10 Å². The highest BCUT2D eigenvalue weighted by Crippen LogP contribution is 2.15. The molecule has 50 heavy (non-hydrogen) atoms. The second-order valence-electron chi connectivity index (χ2n) is 14.8. The highest BCUT2D eigenvalue weighted by molar-refractivity contribution is 7.85. The van der Waals surface area contributed by atoms with E-state index in [1.165, 1.54) is 147 Å². The summed E-state index contributed by atoms with van der Waals surface area (Å²) in [7, 11) is -4.44. The van der Waals surface area contributed by atoms with Crippen LogP contribution in [0.15, 0.2) is 24.3 Å². The molecule has 0 rings (SSSR count). The molecule has 3 unspecified atom stereocenters. The zero-order valence-electron chi connectivity index (χ0n) is 32.6. The number of amides is 1. The largest absolute Gasteiger partial charge is 0.387 e. The van der Waals surface area contributed by atoms with Gasteiger partial charge in [-0.2, -0.15) is 8.42 Å². The number of hydrogen-bond acceptors (Lipinski definition) is 5. The second-order valence-corrected chi connectivity index (χ2v) is 16.3. The molecule has 0 aliphatic carbocycles. The van der Waals surface area contributed by atoms with Crippen LogP contribution >= 0.6 is 0 Å². The Morgan fingerprint density at radius 2 is 0.880 bits per heavy atom. The summed E-state index contributed by atoms with van der Waals surface area (Å²) >= 11 is 0. The van der Waals surface area contributed by atoms with Gasteiger partial charge in [0, 0.05) is 0 Å². The molecule has 0 aromatic carbocycles. The minimum Gasteiger partial charge on any atom is -0.387 e. The van der Waals surface area contributed by atoms with Gasteiger partial charge in [0.05, 0.1) is 17.9 Å². The maximum Gasteiger partial charge on any atom is 0.267 e. The zero-order chi connectivity index (χ0) is 37.0. The number of hydrogen-bond donors (Lipinski definition) is 4. The van der Waals surface area contributed by atoms with Crippen molar-refractivity contribution in [2.45, 2.75) is 231 Å². The van der Waals surface area contributed by atoms with Crippen molar-refractivity contribution in [3.05, 3.63) is 24.3 Å². The predicted octanol–water partition coefficient (Wildman–Crippen LogP) is 11.3. The number of aliphatic hydroxyl groups is 2. The molecule has 0 aliphatic heterocycles. The summed E-state index contributed by atoms with van der Waals surface area (Å²) in [4.78, 5) is 12.6. The van der Waals surface area contributed by atoms with E-state index in [2.05, 4.69) is 31.3 Å². The third kappa shape index (κ3) is 35.2. The van der Waals surface area contributed by atoms with Crippen LogP contribution in [0.4, 0.5) is 0 Å². The third-order valence-electron chi connectivity index (χ3n) is 9.73. The van der Waals surface area contributed by atoms with Crippen molar-refractivity contribution in [2.24, 2.45) is 0 Å². The Hall–Kier alpha value is -1.22. The maximum absolute atomic E-state index is 12.6. The monoisotopic (exact) mass is 728 g/mol. The lowest BCUT2D eigenvalue weighted by Crippen LogP contribution is -2.50. The summed E-state index contributed by atoms with van der Waals surface area (Å²) in [6.45, 7) is 4.51. The van der Waals surface area contributed by atoms with Gasteiger partial charge in [-0.15, -0.1) is 0 Å².